The molecule has 2 rings (SSSR count). The molecule has 0 aliphatic rings. The molecule has 29 heavy (non-hydrogen) atoms. The van der Waals surface area contributed by atoms with Crippen molar-refractivity contribution in [3.8, 4) is 16.9 Å². The average Bonchev–Trinajstić information content (AvgIpc) is 2.59. The monoisotopic (exact) mass is 417 g/mol. The van der Waals surface area contributed by atoms with Gasteiger partial charge in [-0.1, -0.05) is 23.7 Å². The van der Waals surface area contributed by atoms with Crippen LogP contribution < -0.4 is 4.74 Å². The van der Waals surface area contributed by atoms with E-state index in [0.29, 0.717) is 10.6 Å². The second-order valence-electron chi connectivity index (χ2n) is 8.65. The third-order valence-electron chi connectivity index (χ3n) is 3.82. The Morgan fingerprint density at radius 1 is 0.897 bits per heavy atom. The number of halogens is 1. The molecule has 0 atom stereocenters. The van der Waals surface area contributed by atoms with Crippen molar-refractivity contribution in [3.63, 3.8) is 0 Å². The van der Waals surface area contributed by atoms with E-state index in [1.165, 1.54) is 12.3 Å². The molecule has 7 heteroatoms. The molecule has 0 unspecified atom stereocenters. The van der Waals surface area contributed by atoms with Crippen LogP contribution in [0, 0.1) is 10.8 Å². The van der Waals surface area contributed by atoms with E-state index in [0.717, 1.165) is 5.56 Å². The smallest absolute Gasteiger partial charge is 0.368 e. The molecular weight excluding hydrogens is 394 g/mol. The largest absolute Gasteiger partial charge is 0.424 e. The maximum atomic E-state index is 12.5. The predicted octanol–water partition coefficient (Wildman–Crippen LogP) is 5.08. The summed E-state index contributed by atoms with van der Waals surface area (Å²) in [6.07, 6.45) is 1.43. The summed E-state index contributed by atoms with van der Waals surface area (Å²) in [5.41, 5.74) is -0.634. The molecule has 0 saturated heterocycles. The van der Waals surface area contributed by atoms with Gasteiger partial charge < -0.3 is 9.47 Å². The fourth-order valence-corrected chi connectivity index (χ4v) is 2.23. The summed E-state index contributed by atoms with van der Waals surface area (Å²) in [5.74, 6) is -2.34. The predicted molar refractivity (Wildman–Crippen MR) is 110 cm³/mol. The summed E-state index contributed by atoms with van der Waals surface area (Å²) in [4.78, 5) is 41.1. The van der Waals surface area contributed by atoms with E-state index >= 15 is 0 Å². The van der Waals surface area contributed by atoms with Crippen LogP contribution in [0.1, 0.15) is 52.0 Å². The highest BCUT2D eigenvalue weighted by Gasteiger charge is 2.30. The first-order valence-electron chi connectivity index (χ1n) is 9.04. The number of nitrogens with zero attached hydrogens (tertiary/aromatic N) is 1. The fourth-order valence-electron chi connectivity index (χ4n) is 2.04. The Hall–Kier alpha value is -2.73. The minimum atomic E-state index is -0.987. The molecule has 1 heterocycles. The molecule has 0 bridgehead atoms. The van der Waals surface area contributed by atoms with E-state index in [2.05, 4.69) is 4.98 Å². The molecule has 154 valence electrons. The number of hydrogen-bond donors (Lipinski definition) is 0. The molecule has 0 saturated carbocycles. The lowest BCUT2D eigenvalue weighted by Crippen LogP contribution is -2.28. The Labute approximate surface area is 175 Å². The summed E-state index contributed by atoms with van der Waals surface area (Å²) in [6, 6.07) is 8.51. The number of carbonyl (C=O) groups excluding carboxylic acids is 3. The molecule has 0 fully saturated rings. The van der Waals surface area contributed by atoms with E-state index in [4.69, 9.17) is 21.1 Å². The molecule has 0 aliphatic heterocycles. The van der Waals surface area contributed by atoms with Gasteiger partial charge in [0.1, 0.15) is 0 Å². The number of aromatic nitrogens is 1. The van der Waals surface area contributed by atoms with Crippen LogP contribution in [0.25, 0.3) is 11.1 Å². The van der Waals surface area contributed by atoms with Crippen molar-refractivity contribution < 1.29 is 23.9 Å². The summed E-state index contributed by atoms with van der Waals surface area (Å²) < 4.78 is 10.4. The number of carbonyl (C=O) groups is 3. The average molecular weight is 418 g/mol. The molecule has 1 aromatic carbocycles. The minimum Gasteiger partial charge on any atom is -0.424 e. The SMILES string of the molecule is CC(C)(C)C(=O)OC(=O)c1ncc(-c2cccc(Cl)c2)cc1OC(=O)C(C)(C)C. The van der Waals surface area contributed by atoms with Gasteiger partial charge in [0.05, 0.1) is 10.8 Å². The molecule has 0 N–H and O–H groups in total. The maximum Gasteiger partial charge on any atom is 0.368 e. The highest BCUT2D eigenvalue weighted by molar-refractivity contribution is 6.30. The minimum absolute atomic E-state index is 0.0888. The van der Waals surface area contributed by atoms with Crippen LogP contribution >= 0.6 is 11.6 Å². The van der Waals surface area contributed by atoms with Gasteiger partial charge in [-0.05, 0) is 65.3 Å². The quantitative estimate of drug-likeness (QED) is 0.511. The number of rotatable bonds is 3. The normalized spacial score (nSPS) is 11.7. The van der Waals surface area contributed by atoms with Gasteiger partial charge >= 0.3 is 17.9 Å². The van der Waals surface area contributed by atoms with E-state index < -0.39 is 28.7 Å². The van der Waals surface area contributed by atoms with E-state index in [1.807, 2.05) is 0 Å². The molecule has 0 amide bonds. The van der Waals surface area contributed by atoms with Crippen molar-refractivity contribution in [2.45, 2.75) is 41.5 Å². The van der Waals surface area contributed by atoms with Crippen molar-refractivity contribution in [1.82, 2.24) is 4.98 Å². The third kappa shape index (κ3) is 5.87. The van der Waals surface area contributed by atoms with Crippen LogP contribution in [0.4, 0.5) is 0 Å². The van der Waals surface area contributed by atoms with Crippen molar-refractivity contribution in [2.75, 3.05) is 0 Å². The van der Waals surface area contributed by atoms with Crippen LogP contribution in [-0.2, 0) is 14.3 Å². The van der Waals surface area contributed by atoms with Crippen LogP contribution in [-0.4, -0.2) is 22.9 Å². The zero-order valence-corrected chi connectivity index (χ0v) is 18.1. The summed E-state index contributed by atoms with van der Waals surface area (Å²) >= 11 is 6.04. The Kier molecular flexibility index (Phi) is 6.48. The van der Waals surface area contributed by atoms with Gasteiger partial charge in [0, 0.05) is 16.8 Å². The molecule has 0 radical (unpaired) electrons. The van der Waals surface area contributed by atoms with Crippen LogP contribution in [0.15, 0.2) is 36.5 Å². The number of benzene rings is 1. The summed E-state index contributed by atoms with van der Waals surface area (Å²) in [6.45, 7) is 9.93. The maximum absolute atomic E-state index is 12.5. The van der Waals surface area contributed by atoms with Gasteiger partial charge in [-0.3, -0.25) is 9.59 Å². The summed E-state index contributed by atoms with van der Waals surface area (Å²) in [5, 5.41) is 0.523. The van der Waals surface area contributed by atoms with Gasteiger partial charge in [-0.25, -0.2) is 9.78 Å². The lowest BCUT2D eigenvalue weighted by molar-refractivity contribution is -0.146. The van der Waals surface area contributed by atoms with E-state index in [1.54, 1.807) is 65.8 Å². The van der Waals surface area contributed by atoms with Gasteiger partial charge in [0.15, 0.2) is 11.4 Å². The van der Waals surface area contributed by atoms with Gasteiger partial charge in [-0.2, -0.15) is 0 Å². The highest BCUT2D eigenvalue weighted by Crippen LogP contribution is 2.30. The third-order valence-corrected chi connectivity index (χ3v) is 4.05. The van der Waals surface area contributed by atoms with E-state index in [9.17, 15) is 14.4 Å². The first kappa shape index (κ1) is 22.6. The Morgan fingerprint density at radius 2 is 1.52 bits per heavy atom. The summed E-state index contributed by atoms with van der Waals surface area (Å²) in [7, 11) is 0. The first-order valence-corrected chi connectivity index (χ1v) is 9.42. The molecule has 1 aromatic heterocycles. The standard InChI is InChI=1S/C22H24ClNO5/c1-21(2,3)19(26)28-16-11-14(13-8-7-9-15(23)10-13)12-24-17(16)18(25)29-20(27)22(4,5)6/h7-12H,1-6H3. The van der Waals surface area contributed by atoms with Crippen LogP contribution in [0.2, 0.25) is 5.02 Å². The van der Waals surface area contributed by atoms with Crippen molar-refractivity contribution in [1.29, 1.82) is 0 Å². The highest BCUT2D eigenvalue weighted by atomic mass is 35.5. The van der Waals surface area contributed by atoms with Gasteiger partial charge in [0.2, 0.25) is 0 Å². The topological polar surface area (TPSA) is 82.6 Å². The van der Waals surface area contributed by atoms with Crippen molar-refractivity contribution in [2.24, 2.45) is 10.8 Å². The van der Waals surface area contributed by atoms with Crippen molar-refractivity contribution in [3.05, 3.63) is 47.2 Å². The molecular formula is C22H24ClNO5. The fraction of sp³-hybridized carbons (Fsp3) is 0.364. The van der Waals surface area contributed by atoms with Gasteiger partial charge in [0.25, 0.3) is 0 Å². The Bertz CT molecular complexity index is 954. The molecule has 0 aliphatic carbocycles. The zero-order valence-electron chi connectivity index (χ0n) is 17.3. The first-order chi connectivity index (χ1) is 13.3. The number of hydrogen-bond acceptors (Lipinski definition) is 6. The van der Waals surface area contributed by atoms with Crippen molar-refractivity contribution >= 4 is 29.5 Å². The van der Waals surface area contributed by atoms with Gasteiger partial charge in [-0.15, -0.1) is 0 Å². The lowest BCUT2D eigenvalue weighted by atomic mass is 9.97. The number of ether oxygens (including phenoxy) is 2. The second-order valence-corrected chi connectivity index (χ2v) is 9.08. The van der Waals surface area contributed by atoms with E-state index in [-0.39, 0.29) is 11.4 Å². The molecule has 0 spiro atoms. The molecule has 6 nitrogen and oxygen atoms in total. The Balaban J connectivity index is 2.48. The van der Waals surface area contributed by atoms with Crippen LogP contribution in [0.3, 0.4) is 0 Å². The van der Waals surface area contributed by atoms with Crippen LogP contribution in [0.5, 0.6) is 5.75 Å². The molecule has 2 aromatic rings. The number of esters is 3. The zero-order chi connectivity index (χ0) is 22.0. The Morgan fingerprint density at radius 3 is 2.07 bits per heavy atom. The second kappa shape index (κ2) is 8.33. The lowest BCUT2D eigenvalue weighted by Gasteiger charge is -2.19. The number of pyridine rings is 1.